The van der Waals surface area contributed by atoms with Gasteiger partial charge in [-0.1, -0.05) is 54.6 Å². The first-order valence-electron chi connectivity index (χ1n) is 13.7. The standard InChI is InChI=1S/C33H29N3O7S2/c1-3-43-33(42)27-20(2)28(30(40)35-22-13-8-5-9-14-22)45-32(27)36-31(41)29(21-11-6-4-7-12-21)44-24-16-10-15-23(19-24)34-25(37)17-18-26(38)39/h4-19,29H,3H2,1-2H3,(H,34,37)(H,35,40)(H,36,41)(H,38,39)/b18-17+. The minimum Gasteiger partial charge on any atom is -0.478 e. The van der Waals surface area contributed by atoms with E-state index in [1.165, 1.54) is 11.8 Å². The highest BCUT2D eigenvalue weighted by Gasteiger charge is 2.29. The van der Waals surface area contributed by atoms with Gasteiger partial charge in [0.05, 0.1) is 17.0 Å². The normalized spacial score (nSPS) is 11.4. The predicted molar refractivity (Wildman–Crippen MR) is 175 cm³/mol. The van der Waals surface area contributed by atoms with Crippen molar-refractivity contribution in [3.05, 3.63) is 119 Å². The molecule has 1 atom stereocenters. The monoisotopic (exact) mass is 643 g/mol. The van der Waals surface area contributed by atoms with Gasteiger partial charge in [-0.15, -0.1) is 23.1 Å². The first-order chi connectivity index (χ1) is 21.7. The van der Waals surface area contributed by atoms with E-state index in [0.717, 1.165) is 23.5 Å². The Morgan fingerprint density at radius 1 is 0.867 bits per heavy atom. The summed E-state index contributed by atoms with van der Waals surface area (Å²) >= 11 is 2.19. The van der Waals surface area contributed by atoms with Gasteiger partial charge in [-0.3, -0.25) is 14.4 Å². The summed E-state index contributed by atoms with van der Waals surface area (Å²) in [5.74, 6) is -3.41. The molecule has 0 aliphatic rings. The average Bonchev–Trinajstić information content (AvgIpc) is 3.35. The van der Waals surface area contributed by atoms with E-state index in [1.54, 1.807) is 86.6 Å². The SMILES string of the molecule is CCOC(=O)c1c(NC(=O)C(Sc2cccc(NC(=O)/C=C/C(=O)O)c2)c2ccccc2)sc(C(=O)Nc2ccccc2)c1C. The quantitative estimate of drug-likeness (QED) is 0.0772. The van der Waals surface area contributed by atoms with Gasteiger partial charge < -0.3 is 25.8 Å². The molecule has 0 spiro atoms. The number of anilines is 3. The van der Waals surface area contributed by atoms with Crippen LogP contribution in [0.1, 0.15) is 43.3 Å². The van der Waals surface area contributed by atoms with Crippen LogP contribution in [0.15, 0.2) is 102 Å². The number of esters is 1. The van der Waals surface area contributed by atoms with Crippen LogP contribution in [0.2, 0.25) is 0 Å². The number of amides is 3. The highest BCUT2D eigenvalue weighted by Crippen LogP contribution is 2.40. The largest absolute Gasteiger partial charge is 0.478 e. The molecule has 12 heteroatoms. The maximum Gasteiger partial charge on any atom is 0.341 e. The lowest BCUT2D eigenvalue weighted by Crippen LogP contribution is -2.20. The number of benzene rings is 3. The Bertz CT molecular complexity index is 1740. The number of carboxylic acids is 1. The van der Waals surface area contributed by atoms with Crippen LogP contribution in [0.4, 0.5) is 16.4 Å². The van der Waals surface area contributed by atoms with Crippen molar-refractivity contribution in [3.63, 3.8) is 0 Å². The first kappa shape index (κ1) is 32.7. The number of carboxylic acid groups (broad SMARTS) is 1. The molecule has 0 saturated carbocycles. The van der Waals surface area contributed by atoms with Gasteiger partial charge in [0.1, 0.15) is 10.3 Å². The molecule has 0 aliphatic heterocycles. The zero-order chi connectivity index (χ0) is 32.3. The fourth-order valence-electron chi connectivity index (χ4n) is 4.17. The Balaban J connectivity index is 1.63. The van der Waals surface area contributed by atoms with Crippen molar-refractivity contribution in [3.8, 4) is 0 Å². The summed E-state index contributed by atoms with van der Waals surface area (Å²) < 4.78 is 5.27. The van der Waals surface area contributed by atoms with E-state index in [4.69, 9.17) is 9.84 Å². The third-order valence-electron chi connectivity index (χ3n) is 6.17. The molecule has 0 saturated heterocycles. The van der Waals surface area contributed by atoms with Crippen LogP contribution in [-0.2, 0) is 19.1 Å². The summed E-state index contributed by atoms with van der Waals surface area (Å²) in [5, 5.41) is 16.4. The number of thiophene rings is 1. The van der Waals surface area contributed by atoms with E-state index < -0.39 is 34.9 Å². The van der Waals surface area contributed by atoms with E-state index in [1.807, 2.05) is 12.1 Å². The molecule has 0 aliphatic carbocycles. The molecule has 3 amide bonds. The van der Waals surface area contributed by atoms with Gasteiger partial charge in [-0.05, 0) is 55.3 Å². The van der Waals surface area contributed by atoms with E-state index in [2.05, 4.69) is 16.0 Å². The minimum absolute atomic E-state index is 0.101. The maximum atomic E-state index is 13.9. The number of ether oxygens (including phenoxy) is 1. The van der Waals surface area contributed by atoms with Crippen molar-refractivity contribution in [1.29, 1.82) is 0 Å². The second kappa shape index (κ2) is 15.5. The van der Waals surface area contributed by atoms with Gasteiger partial charge in [0.15, 0.2) is 0 Å². The second-order valence-corrected chi connectivity index (χ2v) is 11.6. The molecule has 230 valence electrons. The lowest BCUT2D eigenvalue weighted by Gasteiger charge is -2.17. The lowest BCUT2D eigenvalue weighted by atomic mass is 10.1. The molecule has 0 fully saturated rings. The van der Waals surface area contributed by atoms with Gasteiger partial charge in [0, 0.05) is 28.4 Å². The molecule has 1 unspecified atom stereocenters. The molecule has 4 aromatic rings. The average molecular weight is 644 g/mol. The highest BCUT2D eigenvalue weighted by molar-refractivity contribution is 8.00. The Hall–Kier alpha value is -5.20. The number of carbonyl (C=O) groups is 5. The number of rotatable bonds is 12. The summed E-state index contributed by atoms with van der Waals surface area (Å²) in [4.78, 5) is 63.9. The molecule has 1 aromatic heterocycles. The molecule has 4 rings (SSSR count). The van der Waals surface area contributed by atoms with Gasteiger partial charge >= 0.3 is 11.9 Å². The number of aliphatic carboxylic acids is 1. The second-order valence-electron chi connectivity index (χ2n) is 9.39. The Labute approximate surface area is 267 Å². The summed E-state index contributed by atoms with van der Waals surface area (Å²) in [6.45, 7) is 3.41. The van der Waals surface area contributed by atoms with Gasteiger partial charge in [0.25, 0.3) is 5.91 Å². The summed E-state index contributed by atoms with van der Waals surface area (Å²) in [5.41, 5.74) is 2.14. The molecule has 3 aromatic carbocycles. The van der Waals surface area contributed by atoms with Gasteiger partial charge in [-0.25, -0.2) is 9.59 Å². The number of thioether (sulfide) groups is 1. The third kappa shape index (κ3) is 8.91. The zero-order valence-electron chi connectivity index (χ0n) is 24.2. The van der Waals surface area contributed by atoms with Crippen LogP contribution >= 0.6 is 23.1 Å². The van der Waals surface area contributed by atoms with Crippen LogP contribution in [0.3, 0.4) is 0 Å². The number of nitrogens with one attached hydrogen (secondary N) is 3. The molecule has 4 N–H and O–H groups in total. The summed E-state index contributed by atoms with van der Waals surface area (Å²) in [6.07, 6.45) is 1.64. The molecule has 10 nitrogen and oxygen atoms in total. The van der Waals surface area contributed by atoms with Crippen molar-refractivity contribution in [2.75, 3.05) is 22.6 Å². The van der Waals surface area contributed by atoms with Crippen molar-refractivity contribution in [2.45, 2.75) is 24.0 Å². The van der Waals surface area contributed by atoms with E-state index in [-0.39, 0.29) is 22.0 Å². The number of para-hydroxylation sites is 1. The zero-order valence-corrected chi connectivity index (χ0v) is 25.9. The van der Waals surface area contributed by atoms with Crippen molar-refractivity contribution >= 4 is 69.1 Å². The maximum absolute atomic E-state index is 13.9. The van der Waals surface area contributed by atoms with Crippen LogP contribution < -0.4 is 16.0 Å². The van der Waals surface area contributed by atoms with Crippen LogP contribution in [0.5, 0.6) is 0 Å². The van der Waals surface area contributed by atoms with E-state index in [9.17, 15) is 24.0 Å². The Kier molecular flexibility index (Phi) is 11.3. The topological polar surface area (TPSA) is 151 Å². The molecular formula is C33H29N3O7S2. The third-order valence-corrected chi connectivity index (χ3v) is 8.63. The van der Waals surface area contributed by atoms with Crippen LogP contribution in [0.25, 0.3) is 0 Å². The minimum atomic E-state index is -1.25. The van der Waals surface area contributed by atoms with Gasteiger partial charge in [0.2, 0.25) is 11.8 Å². The molecule has 0 radical (unpaired) electrons. The van der Waals surface area contributed by atoms with Crippen LogP contribution in [-0.4, -0.2) is 41.4 Å². The summed E-state index contributed by atoms with van der Waals surface area (Å²) in [7, 11) is 0. The predicted octanol–water partition coefficient (Wildman–Crippen LogP) is 6.54. The molecule has 45 heavy (non-hydrogen) atoms. The van der Waals surface area contributed by atoms with Crippen molar-refractivity contribution in [2.24, 2.45) is 0 Å². The Morgan fingerprint density at radius 2 is 1.53 bits per heavy atom. The van der Waals surface area contributed by atoms with Crippen molar-refractivity contribution in [1.82, 2.24) is 0 Å². The van der Waals surface area contributed by atoms with Crippen LogP contribution in [0, 0.1) is 6.92 Å². The molecule has 0 bridgehead atoms. The lowest BCUT2D eigenvalue weighted by molar-refractivity contribution is -0.131. The van der Waals surface area contributed by atoms with Crippen molar-refractivity contribution < 1.29 is 33.8 Å². The summed E-state index contributed by atoms with van der Waals surface area (Å²) in [6, 6.07) is 24.6. The Morgan fingerprint density at radius 3 is 2.20 bits per heavy atom. The molecular weight excluding hydrogens is 615 g/mol. The first-order valence-corrected chi connectivity index (χ1v) is 15.4. The highest BCUT2D eigenvalue weighted by atomic mass is 32.2. The fraction of sp³-hybridized carbons (Fsp3) is 0.121. The number of carbonyl (C=O) groups excluding carboxylic acids is 4. The van der Waals surface area contributed by atoms with Gasteiger partial charge in [-0.2, -0.15) is 0 Å². The van der Waals surface area contributed by atoms with E-state index in [0.29, 0.717) is 27.4 Å². The smallest absolute Gasteiger partial charge is 0.341 e. The number of hydrogen-bond acceptors (Lipinski definition) is 8. The fourth-order valence-corrected chi connectivity index (χ4v) is 6.35. The van der Waals surface area contributed by atoms with E-state index >= 15 is 0 Å². The number of hydrogen-bond donors (Lipinski definition) is 4. The molecule has 1 heterocycles.